The summed E-state index contributed by atoms with van der Waals surface area (Å²) in [5.74, 6) is 0. The summed E-state index contributed by atoms with van der Waals surface area (Å²) in [6.07, 6.45) is 1.90. The van der Waals surface area contributed by atoms with E-state index in [2.05, 4.69) is 91.0 Å². The van der Waals surface area contributed by atoms with Crippen LogP contribution in [-0.4, -0.2) is 9.97 Å². The van der Waals surface area contributed by atoms with E-state index in [0.29, 0.717) is 0 Å². The molecule has 0 saturated carbocycles. The van der Waals surface area contributed by atoms with Crippen LogP contribution in [0.25, 0.3) is 76.9 Å². The average molecular weight is 431 g/mol. The van der Waals surface area contributed by atoms with Crippen LogP contribution < -0.4 is 0 Å². The first-order valence-corrected chi connectivity index (χ1v) is 11.6. The molecule has 2 heterocycles. The SMILES string of the molecule is c1cnc2c(c1)-c1cccc3c(-c4ccc5nc6ccccc6cc5c4)c4ccccc4c-2c13. The zero-order valence-electron chi connectivity index (χ0n) is 18.3. The van der Waals surface area contributed by atoms with Gasteiger partial charge in [0.05, 0.1) is 16.7 Å². The van der Waals surface area contributed by atoms with Gasteiger partial charge < -0.3 is 0 Å². The maximum absolute atomic E-state index is 4.89. The van der Waals surface area contributed by atoms with Crippen molar-refractivity contribution < 1.29 is 0 Å². The molecule has 0 unspecified atom stereocenters. The first-order valence-electron chi connectivity index (χ1n) is 11.6. The summed E-state index contributed by atoms with van der Waals surface area (Å²) < 4.78 is 0. The van der Waals surface area contributed by atoms with Gasteiger partial charge >= 0.3 is 0 Å². The van der Waals surface area contributed by atoms with Gasteiger partial charge in [0.25, 0.3) is 0 Å². The molecule has 8 rings (SSSR count). The summed E-state index contributed by atoms with van der Waals surface area (Å²) in [7, 11) is 0. The summed E-state index contributed by atoms with van der Waals surface area (Å²) in [6, 6.07) is 36.9. The number of pyridine rings is 2. The molecule has 1 aliphatic carbocycles. The van der Waals surface area contributed by atoms with Crippen molar-refractivity contribution in [3.05, 3.63) is 109 Å². The minimum absolute atomic E-state index is 1.02. The van der Waals surface area contributed by atoms with Crippen LogP contribution in [0.2, 0.25) is 0 Å². The first kappa shape index (κ1) is 17.9. The maximum atomic E-state index is 4.89. The second-order valence-electron chi connectivity index (χ2n) is 9.01. The quantitative estimate of drug-likeness (QED) is 0.244. The summed E-state index contributed by atoms with van der Waals surface area (Å²) in [5, 5.41) is 7.42. The van der Waals surface area contributed by atoms with Crippen molar-refractivity contribution >= 4 is 43.4 Å². The zero-order valence-corrected chi connectivity index (χ0v) is 18.3. The van der Waals surface area contributed by atoms with Gasteiger partial charge in [-0.2, -0.15) is 0 Å². The zero-order chi connectivity index (χ0) is 22.2. The van der Waals surface area contributed by atoms with E-state index >= 15 is 0 Å². The third-order valence-corrected chi connectivity index (χ3v) is 7.19. The van der Waals surface area contributed by atoms with E-state index < -0.39 is 0 Å². The van der Waals surface area contributed by atoms with Gasteiger partial charge in [0.1, 0.15) is 0 Å². The Morgan fingerprint density at radius 2 is 1.26 bits per heavy atom. The van der Waals surface area contributed by atoms with Gasteiger partial charge in [0.15, 0.2) is 0 Å². The Morgan fingerprint density at radius 1 is 0.500 bits per heavy atom. The predicted octanol–water partition coefficient (Wildman–Crippen LogP) is 8.40. The smallest absolute Gasteiger partial charge is 0.0793 e. The second kappa shape index (κ2) is 6.49. The second-order valence-corrected chi connectivity index (χ2v) is 9.01. The highest BCUT2D eigenvalue weighted by Gasteiger charge is 2.26. The number of aromatic nitrogens is 2. The highest BCUT2D eigenvalue weighted by molar-refractivity contribution is 6.28. The van der Waals surface area contributed by atoms with Crippen LogP contribution in [0.1, 0.15) is 0 Å². The third-order valence-electron chi connectivity index (χ3n) is 7.19. The standard InChI is InChI=1S/C32H18N2/c1-4-13-27-19(7-1)17-21-18-20(14-15-28(21)34-27)29-22-8-2-3-9-23(22)31-30-24(10-5-11-26(29)30)25-12-6-16-33-32(25)31/h1-18H. The van der Waals surface area contributed by atoms with Crippen molar-refractivity contribution in [3.8, 4) is 33.5 Å². The molecule has 156 valence electrons. The highest BCUT2D eigenvalue weighted by atomic mass is 14.7. The van der Waals surface area contributed by atoms with E-state index in [4.69, 9.17) is 9.97 Å². The van der Waals surface area contributed by atoms with Crippen molar-refractivity contribution in [3.63, 3.8) is 0 Å². The number of fused-ring (bicyclic) bond motifs is 7. The van der Waals surface area contributed by atoms with Crippen molar-refractivity contribution in [2.45, 2.75) is 0 Å². The van der Waals surface area contributed by atoms with Crippen LogP contribution in [0.5, 0.6) is 0 Å². The van der Waals surface area contributed by atoms with Gasteiger partial charge in [-0.15, -0.1) is 0 Å². The molecular formula is C32H18N2. The molecule has 0 bridgehead atoms. The molecule has 7 aromatic rings. The molecule has 2 nitrogen and oxygen atoms in total. The lowest BCUT2D eigenvalue weighted by Crippen LogP contribution is -1.90. The van der Waals surface area contributed by atoms with E-state index in [-0.39, 0.29) is 0 Å². The molecule has 0 radical (unpaired) electrons. The molecule has 0 spiro atoms. The van der Waals surface area contributed by atoms with Crippen LogP contribution in [0.3, 0.4) is 0 Å². The molecule has 0 amide bonds. The fraction of sp³-hybridized carbons (Fsp3) is 0. The van der Waals surface area contributed by atoms with Crippen molar-refractivity contribution in [1.29, 1.82) is 0 Å². The lowest BCUT2D eigenvalue weighted by molar-refractivity contribution is 1.35. The Labute approximate surface area is 196 Å². The molecule has 34 heavy (non-hydrogen) atoms. The molecule has 5 aromatic carbocycles. The Balaban J connectivity index is 1.52. The third kappa shape index (κ3) is 2.29. The van der Waals surface area contributed by atoms with Crippen molar-refractivity contribution in [2.24, 2.45) is 0 Å². The first-order chi connectivity index (χ1) is 16.9. The number of para-hydroxylation sites is 1. The molecule has 0 atom stereocenters. The van der Waals surface area contributed by atoms with Gasteiger partial charge in [0, 0.05) is 33.5 Å². The lowest BCUT2D eigenvalue weighted by Gasteiger charge is -2.15. The molecule has 0 saturated heterocycles. The van der Waals surface area contributed by atoms with Crippen LogP contribution in [0.4, 0.5) is 0 Å². The van der Waals surface area contributed by atoms with Crippen LogP contribution >= 0.6 is 0 Å². The van der Waals surface area contributed by atoms with E-state index in [0.717, 1.165) is 22.1 Å². The minimum Gasteiger partial charge on any atom is -0.256 e. The van der Waals surface area contributed by atoms with Crippen molar-refractivity contribution in [2.75, 3.05) is 0 Å². The Kier molecular flexibility index (Phi) is 3.42. The van der Waals surface area contributed by atoms with Gasteiger partial charge in [-0.1, -0.05) is 72.8 Å². The van der Waals surface area contributed by atoms with Gasteiger partial charge in [-0.3, -0.25) is 4.98 Å². The van der Waals surface area contributed by atoms with E-state index in [1.807, 2.05) is 18.3 Å². The molecule has 2 heteroatoms. The van der Waals surface area contributed by atoms with Gasteiger partial charge in [-0.05, 0) is 63.2 Å². The topological polar surface area (TPSA) is 25.8 Å². The molecule has 2 aromatic heterocycles. The summed E-state index contributed by atoms with van der Waals surface area (Å²) in [4.78, 5) is 9.71. The molecular weight excluding hydrogens is 412 g/mol. The highest BCUT2D eigenvalue weighted by Crippen LogP contribution is 2.52. The lowest BCUT2D eigenvalue weighted by atomic mass is 9.88. The largest absolute Gasteiger partial charge is 0.256 e. The summed E-state index contributed by atoms with van der Waals surface area (Å²) >= 11 is 0. The Morgan fingerprint density at radius 3 is 2.21 bits per heavy atom. The number of rotatable bonds is 1. The van der Waals surface area contributed by atoms with Crippen LogP contribution in [-0.2, 0) is 0 Å². The van der Waals surface area contributed by atoms with E-state index in [9.17, 15) is 0 Å². The predicted molar refractivity (Wildman–Crippen MR) is 142 cm³/mol. The number of nitrogens with zero attached hydrogens (tertiary/aromatic N) is 2. The Hall–Kier alpha value is -4.56. The summed E-state index contributed by atoms with van der Waals surface area (Å²) in [5.41, 5.74) is 9.39. The Bertz CT molecular complexity index is 1970. The maximum Gasteiger partial charge on any atom is 0.0793 e. The van der Waals surface area contributed by atoms with Gasteiger partial charge in [0.2, 0.25) is 0 Å². The van der Waals surface area contributed by atoms with E-state index in [1.165, 1.54) is 54.7 Å². The molecule has 1 aliphatic rings. The normalized spacial score (nSPS) is 12.1. The fourth-order valence-electron chi connectivity index (χ4n) is 5.77. The van der Waals surface area contributed by atoms with Gasteiger partial charge in [-0.25, -0.2) is 4.98 Å². The molecule has 0 fully saturated rings. The van der Waals surface area contributed by atoms with Crippen molar-refractivity contribution in [1.82, 2.24) is 9.97 Å². The van der Waals surface area contributed by atoms with E-state index in [1.54, 1.807) is 0 Å². The minimum atomic E-state index is 1.02. The fourth-order valence-corrected chi connectivity index (χ4v) is 5.77. The number of hydrogen-bond acceptors (Lipinski definition) is 2. The molecule has 0 aliphatic heterocycles. The molecule has 0 N–H and O–H groups in total. The number of hydrogen-bond donors (Lipinski definition) is 0. The van der Waals surface area contributed by atoms with Crippen LogP contribution in [0, 0.1) is 0 Å². The average Bonchev–Trinajstić information content (AvgIpc) is 3.23. The monoisotopic (exact) mass is 430 g/mol. The number of benzene rings is 5. The summed E-state index contributed by atoms with van der Waals surface area (Å²) in [6.45, 7) is 0. The van der Waals surface area contributed by atoms with Crippen LogP contribution in [0.15, 0.2) is 109 Å².